The number of pyridine rings is 1. The molecule has 0 saturated carbocycles. The Labute approximate surface area is 141 Å². The van der Waals surface area contributed by atoms with E-state index in [9.17, 15) is 4.79 Å². The highest BCUT2D eigenvalue weighted by Gasteiger charge is 2.12. The molecular formula is C19H19NO2S. The van der Waals surface area contributed by atoms with Crippen LogP contribution in [0.4, 0.5) is 0 Å². The van der Waals surface area contributed by atoms with E-state index in [1.54, 1.807) is 24.2 Å². The molecule has 1 unspecified atom stereocenters. The highest BCUT2D eigenvalue weighted by Crippen LogP contribution is 2.20. The molecule has 1 atom stereocenters. The van der Waals surface area contributed by atoms with Crippen molar-refractivity contribution in [1.29, 1.82) is 0 Å². The van der Waals surface area contributed by atoms with Gasteiger partial charge in [-0.15, -0.1) is 18.2 Å². The molecule has 0 saturated heterocycles. The predicted molar refractivity (Wildman–Crippen MR) is 93.1 cm³/mol. The summed E-state index contributed by atoms with van der Waals surface area (Å²) in [5.41, 5.74) is 2.06. The van der Waals surface area contributed by atoms with Gasteiger partial charge in [0.15, 0.2) is 0 Å². The lowest BCUT2D eigenvalue weighted by Crippen LogP contribution is -2.08. The fourth-order valence-corrected chi connectivity index (χ4v) is 2.67. The van der Waals surface area contributed by atoms with Crippen LogP contribution in [0.25, 0.3) is 0 Å². The third-order valence-electron chi connectivity index (χ3n) is 3.39. The van der Waals surface area contributed by atoms with Gasteiger partial charge in [-0.3, -0.25) is 9.78 Å². The quantitative estimate of drug-likeness (QED) is 0.437. The van der Waals surface area contributed by atoms with E-state index >= 15 is 0 Å². The van der Waals surface area contributed by atoms with E-state index < -0.39 is 0 Å². The molecule has 0 fully saturated rings. The maximum Gasteiger partial charge on any atom is 0.306 e. The van der Waals surface area contributed by atoms with E-state index in [0.29, 0.717) is 18.8 Å². The Bertz CT molecular complexity index is 662. The van der Waals surface area contributed by atoms with Crippen LogP contribution in [-0.2, 0) is 16.1 Å². The highest BCUT2D eigenvalue weighted by molar-refractivity contribution is 7.99. The molecular weight excluding hydrogens is 306 g/mol. The van der Waals surface area contributed by atoms with Crippen LogP contribution in [-0.4, -0.2) is 16.7 Å². The zero-order chi connectivity index (χ0) is 16.5. The van der Waals surface area contributed by atoms with Crippen LogP contribution in [0.2, 0.25) is 0 Å². The molecule has 0 bridgehead atoms. The lowest BCUT2D eigenvalue weighted by atomic mass is 9.99. The van der Waals surface area contributed by atoms with E-state index in [-0.39, 0.29) is 11.9 Å². The molecule has 23 heavy (non-hydrogen) atoms. The molecule has 118 valence electrons. The summed E-state index contributed by atoms with van der Waals surface area (Å²) in [7, 11) is 0. The van der Waals surface area contributed by atoms with E-state index in [0.717, 1.165) is 16.0 Å². The molecule has 0 amide bonds. The number of benzene rings is 1. The minimum Gasteiger partial charge on any atom is -0.461 e. The van der Waals surface area contributed by atoms with Gasteiger partial charge in [-0.25, -0.2) is 0 Å². The summed E-state index contributed by atoms with van der Waals surface area (Å²) < 4.78 is 5.35. The Kier molecular flexibility index (Phi) is 6.71. The lowest BCUT2D eigenvalue weighted by molar-refractivity contribution is -0.145. The second-order valence-corrected chi connectivity index (χ2v) is 6.23. The number of rotatable bonds is 7. The molecule has 1 aromatic heterocycles. The number of thioether (sulfide) groups is 1. The molecule has 2 aromatic rings. The third kappa shape index (κ3) is 5.80. The molecule has 2 rings (SSSR count). The van der Waals surface area contributed by atoms with E-state index in [4.69, 9.17) is 11.2 Å². The van der Waals surface area contributed by atoms with Crippen molar-refractivity contribution in [2.75, 3.05) is 5.75 Å². The van der Waals surface area contributed by atoms with Gasteiger partial charge in [-0.1, -0.05) is 25.0 Å². The molecule has 0 aliphatic heterocycles. The smallest absolute Gasteiger partial charge is 0.306 e. The highest BCUT2D eigenvalue weighted by atomic mass is 32.2. The number of esters is 1. The molecule has 1 heterocycles. The van der Waals surface area contributed by atoms with Crippen LogP contribution in [0.1, 0.15) is 30.4 Å². The fourth-order valence-electron chi connectivity index (χ4n) is 2.09. The maximum atomic E-state index is 11.9. The van der Waals surface area contributed by atoms with Crippen molar-refractivity contribution in [2.24, 2.45) is 0 Å². The van der Waals surface area contributed by atoms with Gasteiger partial charge in [0.1, 0.15) is 6.61 Å². The van der Waals surface area contributed by atoms with Crippen LogP contribution in [0.3, 0.4) is 0 Å². The van der Waals surface area contributed by atoms with Gasteiger partial charge in [0, 0.05) is 17.3 Å². The van der Waals surface area contributed by atoms with Crippen LogP contribution >= 0.6 is 11.8 Å². The van der Waals surface area contributed by atoms with E-state index in [1.807, 2.05) is 43.3 Å². The first-order valence-corrected chi connectivity index (χ1v) is 8.38. The van der Waals surface area contributed by atoms with Crippen LogP contribution in [0.5, 0.6) is 0 Å². The van der Waals surface area contributed by atoms with Gasteiger partial charge in [0.05, 0.1) is 12.2 Å². The number of terminal acetylenes is 1. The zero-order valence-corrected chi connectivity index (χ0v) is 13.9. The van der Waals surface area contributed by atoms with Crippen LogP contribution < -0.4 is 0 Å². The van der Waals surface area contributed by atoms with Gasteiger partial charge >= 0.3 is 5.97 Å². The van der Waals surface area contributed by atoms with Gasteiger partial charge in [-0.05, 0) is 41.3 Å². The van der Waals surface area contributed by atoms with Crippen molar-refractivity contribution in [1.82, 2.24) is 4.98 Å². The van der Waals surface area contributed by atoms with E-state index in [1.165, 1.54) is 0 Å². The molecule has 4 heteroatoms. The first-order chi connectivity index (χ1) is 11.2. The summed E-state index contributed by atoms with van der Waals surface area (Å²) in [5.74, 6) is 3.17. The van der Waals surface area contributed by atoms with Gasteiger partial charge in [0.2, 0.25) is 0 Å². The standard InChI is InChI=1S/C19H19NO2S/c1-3-12-23-18-6-4-16(5-7-18)14-22-19(21)13-15(2)17-8-10-20-11-9-17/h1,4-11,15H,12-14H2,2H3. The summed E-state index contributed by atoms with van der Waals surface area (Å²) in [6.07, 6.45) is 9.06. The fraction of sp³-hybridized carbons (Fsp3) is 0.263. The summed E-state index contributed by atoms with van der Waals surface area (Å²) in [6, 6.07) is 11.7. The number of hydrogen-bond donors (Lipinski definition) is 0. The molecule has 0 N–H and O–H groups in total. The average molecular weight is 325 g/mol. The van der Waals surface area contributed by atoms with Gasteiger partial charge < -0.3 is 4.74 Å². The SMILES string of the molecule is C#CCSc1ccc(COC(=O)CC(C)c2ccncc2)cc1. The Morgan fingerprint density at radius 3 is 2.61 bits per heavy atom. The van der Waals surface area contributed by atoms with Crippen molar-refractivity contribution in [3.8, 4) is 12.3 Å². The predicted octanol–water partition coefficient (Wildman–Crippen LogP) is 4.04. The topological polar surface area (TPSA) is 39.2 Å². The van der Waals surface area contributed by atoms with Gasteiger partial charge in [-0.2, -0.15) is 0 Å². The van der Waals surface area contributed by atoms with Crippen LogP contribution in [0, 0.1) is 12.3 Å². The number of aromatic nitrogens is 1. The van der Waals surface area contributed by atoms with Crippen molar-refractivity contribution in [3.05, 3.63) is 59.9 Å². The second kappa shape index (κ2) is 9.02. The zero-order valence-electron chi connectivity index (χ0n) is 13.1. The third-order valence-corrected chi connectivity index (χ3v) is 4.31. The summed E-state index contributed by atoms with van der Waals surface area (Å²) in [4.78, 5) is 17.0. The molecule has 0 aliphatic rings. The molecule has 0 radical (unpaired) electrons. The molecule has 3 nitrogen and oxygen atoms in total. The van der Waals surface area contributed by atoms with Crippen molar-refractivity contribution in [2.45, 2.75) is 30.8 Å². The Balaban J connectivity index is 1.79. The second-order valence-electron chi connectivity index (χ2n) is 5.18. The maximum absolute atomic E-state index is 11.9. The van der Waals surface area contributed by atoms with Crippen molar-refractivity contribution >= 4 is 17.7 Å². The van der Waals surface area contributed by atoms with Gasteiger partial charge in [0.25, 0.3) is 0 Å². The lowest BCUT2D eigenvalue weighted by Gasteiger charge is -2.11. The first kappa shape index (κ1) is 17.1. The summed E-state index contributed by atoms with van der Waals surface area (Å²) in [6.45, 7) is 2.30. The van der Waals surface area contributed by atoms with E-state index in [2.05, 4.69) is 10.9 Å². The summed E-state index contributed by atoms with van der Waals surface area (Å²) in [5, 5.41) is 0. The first-order valence-electron chi connectivity index (χ1n) is 7.40. The Morgan fingerprint density at radius 2 is 1.96 bits per heavy atom. The number of hydrogen-bond acceptors (Lipinski definition) is 4. The number of carbonyl (C=O) groups excluding carboxylic acids is 1. The molecule has 0 aliphatic carbocycles. The number of nitrogens with zero attached hydrogens (tertiary/aromatic N) is 1. The monoisotopic (exact) mass is 325 g/mol. The number of carbonyl (C=O) groups is 1. The largest absolute Gasteiger partial charge is 0.461 e. The van der Waals surface area contributed by atoms with Crippen molar-refractivity contribution in [3.63, 3.8) is 0 Å². The molecule has 1 aromatic carbocycles. The number of ether oxygens (including phenoxy) is 1. The average Bonchev–Trinajstić information content (AvgIpc) is 2.59. The van der Waals surface area contributed by atoms with Crippen LogP contribution in [0.15, 0.2) is 53.7 Å². The summed E-state index contributed by atoms with van der Waals surface area (Å²) >= 11 is 1.61. The minimum absolute atomic E-state index is 0.119. The minimum atomic E-state index is -0.194. The normalized spacial score (nSPS) is 11.5. The van der Waals surface area contributed by atoms with Crippen molar-refractivity contribution < 1.29 is 9.53 Å². The Morgan fingerprint density at radius 1 is 1.26 bits per heavy atom. The Hall–Kier alpha value is -2.25. The molecule has 0 spiro atoms.